The third-order valence-electron chi connectivity index (χ3n) is 16.3. The van der Waals surface area contributed by atoms with Crippen LogP contribution in [0.2, 0.25) is 0 Å². The molecule has 66 heavy (non-hydrogen) atoms. The smallest absolute Gasteiger partial charge is 0.0318 e. The Morgan fingerprint density at radius 2 is 0.788 bits per heavy atom. The average molecular weight is 847 g/mol. The van der Waals surface area contributed by atoms with Crippen LogP contribution in [0.5, 0.6) is 0 Å². The molecule has 0 fully saturated rings. The SMILES string of the molecule is CC1(C)c2ccccc2-c2c1cc(-c1c3ccccc3c(-c3ccc4c5c(c6ccccc6c4c3)-c3cc4ccccc4cc3C5(C(C)(C)C)C(C)(C)C)c3ccccc13)c1ccccc21. The number of benzene rings is 11. The van der Waals surface area contributed by atoms with Gasteiger partial charge in [0.1, 0.15) is 0 Å². The summed E-state index contributed by atoms with van der Waals surface area (Å²) in [4.78, 5) is 0. The van der Waals surface area contributed by atoms with Gasteiger partial charge in [0.2, 0.25) is 0 Å². The predicted octanol–water partition coefficient (Wildman–Crippen LogP) is 18.6. The van der Waals surface area contributed by atoms with Crippen molar-refractivity contribution in [3.63, 3.8) is 0 Å². The van der Waals surface area contributed by atoms with E-state index in [1.807, 2.05) is 0 Å². The molecule has 0 N–H and O–H groups in total. The Balaban J connectivity index is 1.13. The zero-order chi connectivity index (χ0) is 45.1. The summed E-state index contributed by atoms with van der Waals surface area (Å²) >= 11 is 0. The molecule has 11 aromatic rings. The highest BCUT2D eigenvalue weighted by Gasteiger charge is 2.58. The lowest BCUT2D eigenvalue weighted by molar-refractivity contribution is 0.0965. The van der Waals surface area contributed by atoms with Crippen molar-refractivity contribution in [2.75, 3.05) is 0 Å². The third-order valence-corrected chi connectivity index (χ3v) is 16.3. The first kappa shape index (κ1) is 39.4. The van der Waals surface area contributed by atoms with Gasteiger partial charge in [0.25, 0.3) is 0 Å². The highest BCUT2D eigenvalue weighted by molar-refractivity contribution is 6.26. The lowest BCUT2D eigenvalue weighted by atomic mass is 9.49. The Morgan fingerprint density at radius 1 is 0.303 bits per heavy atom. The molecule has 0 radical (unpaired) electrons. The number of fused-ring (bicyclic) bond motifs is 16. The molecular formula is C66H54. The number of rotatable bonds is 2. The van der Waals surface area contributed by atoms with Crippen molar-refractivity contribution in [2.45, 2.75) is 66.2 Å². The molecule has 318 valence electrons. The summed E-state index contributed by atoms with van der Waals surface area (Å²) in [5.74, 6) is 0. The second kappa shape index (κ2) is 13.3. The fraction of sp³-hybridized carbons (Fsp3) is 0.182. The van der Waals surface area contributed by atoms with Gasteiger partial charge >= 0.3 is 0 Å². The Hall–Kier alpha value is -7.02. The van der Waals surface area contributed by atoms with E-state index in [9.17, 15) is 0 Å². The molecule has 0 heterocycles. The van der Waals surface area contributed by atoms with Gasteiger partial charge in [-0.05, 0) is 166 Å². The van der Waals surface area contributed by atoms with Gasteiger partial charge in [-0.3, -0.25) is 0 Å². The summed E-state index contributed by atoms with van der Waals surface area (Å²) in [6.07, 6.45) is 0. The quantitative estimate of drug-likeness (QED) is 0.120. The van der Waals surface area contributed by atoms with Crippen molar-refractivity contribution in [1.82, 2.24) is 0 Å². The van der Waals surface area contributed by atoms with Gasteiger partial charge < -0.3 is 0 Å². The van der Waals surface area contributed by atoms with Crippen LogP contribution in [0.4, 0.5) is 0 Å². The van der Waals surface area contributed by atoms with Gasteiger partial charge in [-0.25, -0.2) is 0 Å². The maximum atomic E-state index is 2.55. The van der Waals surface area contributed by atoms with E-state index in [4.69, 9.17) is 0 Å². The van der Waals surface area contributed by atoms with Crippen LogP contribution in [0.1, 0.15) is 77.6 Å². The van der Waals surface area contributed by atoms with Gasteiger partial charge in [0, 0.05) is 10.8 Å². The summed E-state index contributed by atoms with van der Waals surface area (Å²) < 4.78 is 0. The van der Waals surface area contributed by atoms with E-state index in [1.165, 1.54) is 131 Å². The second-order valence-electron chi connectivity index (χ2n) is 22.0. The Morgan fingerprint density at radius 3 is 1.39 bits per heavy atom. The molecule has 0 saturated carbocycles. The van der Waals surface area contributed by atoms with Crippen LogP contribution in [0.25, 0.3) is 109 Å². The molecule has 11 aromatic carbocycles. The van der Waals surface area contributed by atoms with Gasteiger partial charge in [-0.15, -0.1) is 0 Å². The maximum Gasteiger partial charge on any atom is 0.0318 e. The van der Waals surface area contributed by atoms with Crippen molar-refractivity contribution in [3.8, 4) is 44.5 Å². The van der Waals surface area contributed by atoms with Crippen molar-refractivity contribution in [1.29, 1.82) is 0 Å². The minimum atomic E-state index is -0.284. The van der Waals surface area contributed by atoms with Gasteiger partial charge in [0.05, 0.1) is 0 Å². The molecule has 13 rings (SSSR count). The highest BCUT2D eigenvalue weighted by atomic mass is 14.6. The number of hydrogen-bond donors (Lipinski definition) is 0. The molecule has 0 spiro atoms. The summed E-state index contributed by atoms with van der Waals surface area (Å²) in [5, 5.41) is 15.7. The molecule has 2 aliphatic rings. The van der Waals surface area contributed by atoms with Crippen molar-refractivity contribution in [2.24, 2.45) is 10.8 Å². The van der Waals surface area contributed by atoms with E-state index >= 15 is 0 Å². The van der Waals surface area contributed by atoms with Crippen LogP contribution in [0, 0.1) is 10.8 Å². The van der Waals surface area contributed by atoms with E-state index in [0.717, 1.165) is 0 Å². The minimum Gasteiger partial charge on any atom is -0.0619 e. The molecule has 0 heteroatoms. The van der Waals surface area contributed by atoms with Crippen LogP contribution >= 0.6 is 0 Å². The molecule has 0 aliphatic heterocycles. The zero-order valence-corrected chi connectivity index (χ0v) is 39.3. The average Bonchev–Trinajstić information content (AvgIpc) is 3.76. The van der Waals surface area contributed by atoms with Crippen LogP contribution in [-0.4, -0.2) is 0 Å². The van der Waals surface area contributed by atoms with Crippen LogP contribution in [0.15, 0.2) is 182 Å². The van der Waals surface area contributed by atoms with E-state index in [-0.39, 0.29) is 21.7 Å². The first-order chi connectivity index (χ1) is 31.8. The zero-order valence-electron chi connectivity index (χ0n) is 39.3. The van der Waals surface area contributed by atoms with Crippen LogP contribution in [0.3, 0.4) is 0 Å². The molecule has 0 unspecified atom stereocenters. The summed E-state index contributed by atoms with van der Waals surface area (Å²) in [6, 6.07) is 69.8. The molecule has 0 bridgehead atoms. The van der Waals surface area contributed by atoms with Crippen molar-refractivity contribution < 1.29 is 0 Å². The van der Waals surface area contributed by atoms with Gasteiger partial charge in [-0.1, -0.05) is 213 Å². The fourth-order valence-corrected chi connectivity index (χ4v) is 14.1. The topological polar surface area (TPSA) is 0 Å². The third kappa shape index (κ3) is 4.95. The lowest BCUT2D eigenvalue weighted by Gasteiger charge is -2.53. The summed E-state index contributed by atoms with van der Waals surface area (Å²) in [5.41, 5.74) is 15.8. The summed E-state index contributed by atoms with van der Waals surface area (Å²) in [6.45, 7) is 19.7. The molecule has 0 amide bonds. The second-order valence-corrected chi connectivity index (χ2v) is 22.0. The van der Waals surface area contributed by atoms with Crippen LogP contribution < -0.4 is 0 Å². The molecule has 0 saturated heterocycles. The first-order valence-corrected chi connectivity index (χ1v) is 23.9. The summed E-state index contributed by atoms with van der Waals surface area (Å²) in [7, 11) is 0. The number of hydrogen-bond acceptors (Lipinski definition) is 0. The minimum absolute atomic E-state index is 0.107. The van der Waals surface area contributed by atoms with E-state index < -0.39 is 0 Å². The van der Waals surface area contributed by atoms with Crippen LogP contribution in [-0.2, 0) is 10.8 Å². The van der Waals surface area contributed by atoms with Crippen molar-refractivity contribution in [3.05, 3.63) is 204 Å². The van der Waals surface area contributed by atoms with Crippen molar-refractivity contribution >= 4 is 64.6 Å². The molecule has 0 atom stereocenters. The lowest BCUT2D eigenvalue weighted by Crippen LogP contribution is -2.50. The van der Waals surface area contributed by atoms with Gasteiger partial charge in [-0.2, -0.15) is 0 Å². The molecule has 0 aromatic heterocycles. The Bertz CT molecular complexity index is 3840. The molecule has 0 nitrogen and oxygen atoms in total. The standard InChI is InChI=1S/C66H54/c1-63(2,3)66(64(4,5)6)56-37-40-22-10-9-21-39(40)35-54(56)61-45-26-14-11-23-42(45)52-36-41(33-34-50(52)62(61)66)58-46-27-15-17-29-48(46)59(49-30-18-16-28-47(49)58)53-38-57-60(44-25-13-12-24-43(44)53)51-31-19-20-32-55(51)65(57,7)8/h9-38H,1-8H3. The fourth-order valence-electron chi connectivity index (χ4n) is 14.1. The van der Waals surface area contributed by atoms with Gasteiger partial charge in [0.15, 0.2) is 0 Å². The normalized spacial score (nSPS) is 14.9. The van der Waals surface area contributed by atoms with E-state index in [0.29, 0.717) is 0 Å². The molecular weight excluding hydrogens is 793 g/mol. The first-order valence-electron chi connectivity index (χ1n) is 23.9. The highest BCUT2D eigenvalue weighted by Crippen LogP contribution is 2.68. The van der Waals surface area contributed by atoms with E-state index in [1.54, 1.807) is 0 Å². The predicted molar refractivity (Wildman–Crippen MR) is 285 cm³/mol. The Labute approximate surface area is 388 Å². The Kier molecular flexibility index (Phi) is 7.93. The van der Waals surface area contributed by atoms with E-state index in [2.05, 4.69) is 237 Å². The molecule has 2 aliphatic carbocycles. The monoisotopic (exact) mass is 846 g/mol. The maximum absolute atomic E-state index is 2.55. The largest absolute Gasteiger partial charge is 0.0619 e.